The summed E-state index contributed by atoms with van der Waals surface area (Å²) in [5.74, 6) is -1.18. The third kappa shape index (κ3) is 3.70. The van der Waals surface area contributed by atoms with Gasteiger partial charge in [-0.2, -0.15) is 0 Å². The van der Waals surface area contributed by atoms with Gasteiger partial charge < -0.3 is 14.4 Å². The number of nitrogens with zero attached hydrogens (tertiary/aromatic N) is 1. The SMILES string of the molecule is CCOC(=O)CNCc1cc(C(=O)O)no1. The Balaban J connectivity index is 2.32. The topological polar surface area (TPSA) is 102 Å². The fourth-order valence-electron chi connectivity index (χ4n) is 0.997. The number of esters is 1. The Hall–Kier alpha value is -1.89. The maximum atomic E-state index is 10.9. The van der Waals surface area contributed by atoms with E-state index in [1.807, 2.05) is 0 Å². The van der Waals surface area contributed by atoms with E-state index in [1.165, 1.54) is 6.07 Å². The molecule has 1 aromatic heterocycles. The van der Waals surface area contributed by atoms with E-state index < -0.39 is 5.97 Å². The molecule has 0 amide bonds. The molecule has 0 aromatic carbocycles. The Bertz CT molecular complexity index is 374. The largest absolute Gasteiger partial charge is 0.476 e. The summed E-state index contributed by atoms with van der Waals surface area (Å²) >= 11 is 0. The number of hydrogen-bond donors (Lipinski definition) is 2. The van der Waals surface area contributed by atoms with Gasteiger partial charge in [0.2, 0.25) is 0 Å². The van der Waals surface area contributed by atoms with Crippen molar-refractivity contribution in [2.24, 2.45) is 0 Å². The lowest BCUT2D eigenvalue weighted by atomic mass is 10.3. The molecule has 0 aliphatic carbocycles. The number of carbonyl (C=O) groups is 2. The lowest BCUT2D eigenvalue weighted by Gasteiger charge is -2.01. The van der Waals surface area contributed by atoms with Crippen LogP contribution in [0.25, 0.3) is 0 Å². The van der Waals surface area contributed by atoms with Crippen molar-refractivity contribution in [2.45, 2.75) is 13.5 Å². The van der Waals surface area contributed by atoms with E-state index in [0.717, 1.165) is 0 Å². The minimum atomic E-state index is -1.15. The lowest BCUT2D eigenvalue weighted by Crippen LogP contribution is -2.24. The summed E-state index contributed by atoms with van der Waals surface area (Å²) in [5, 5.41) is 14.6. The third-order valence-electron chi connectivity index (χ3n) is 1.65. The number of carbonyl (C=O) groups excluding carboxylic acids is 1. The molecule has 7 nitrogen and oxygen atoms in total. The predicted octanol–water partition coefficient (Wildman–Crippen LogP) is 0.0255. The van der Waals surface area contributed by atoms with Crippen molar-refractivity contribution in [3.05, 3.63) is 17.5 Å². The Kier molecular flexibility index (Phi) is 4.46. The average Bonchev–Trinajstić information content (AvgIpc) is 2.67. The fourth-order valence-corrected chi connectivity index (χ4v) is 0.997. The van der Waals surface area contributed by atoms with Crippen LogP contribution in [-0.4, -0.2) is 35.4 Å². The number of carboxylic acids is 1. The molecule has 1 aromatic rings. The predicted molar refractivity (Wildman–Crippen MR) is 51.8 cm³/mol. The van der Waals surface area contributed by atoms with Crippen LogP contribution in [0.1, 0.15) is 23.2 Å². The van der Waals surface area contributed by atoms with Gasteiger partial charge in [-0.1, -0.05) is 5.16 Å². The van der Waals surface area contributed by atoms with Gasteiger partial charge in [-0.3, -0.25) is 10.1 Å². The zero-order chi connectivity index (χ0) is 12.0. The van der Waals surface area contributed by atoms with E-state index in [4.69, 9.17) is 9.63 Å². The van der Waals surface area contributed by atoms with Crippen LogP contribution in [0.2, 0.25) is 0 Å². The quantitative estimate of drug-likeness (QED) is 0.662. The lowest BCUT2D eigenvalue weighted by molar-refractivity contribution is -0.142. The second-order valence-corrected chi connectivity index (χ2v) is 2.89. The minimum absolute atomic E-state index is 0.0386. The van der Waals surface area contributed by atoms with E-state index in [9.17, 15) is 9.59 Å². The highest BCUT2D eigenvalue weighted by Gasteiger charge is 2.10. The van der Waals surface area contributed by atoms with Crippen LogP contribution < -0.4 is 5.32 Å². The number of hydrogen-bond acceptors (Lipinski definition) is 6. The van der Waals surface area contributed by atoms with Gasteiger partial charge in [0, 0.05) is 6.07 Å². The Morgan fingerprint density at radius 2 is 2.38 bits per heavy atom. The molecule has 0 saturated heterocycles. The molecule has 0 aliphatic heterocycles. The number of ether oxygens (including phenoxy) is 1. The van der Waals surface area contributed by atoms with E-state index >= 15 is 0 Å². The molecule has 0 aliphatic rings. The molecule has 0 saturated carbocycles. The van der Waals surface area contributed by atoms with Gasteiger partial charge in [-0.25, -0.2) is 4.79 Å². The summed E-state index contributed by atoms with van der Waals surface area (Å²) in [6, 6.07) is 1.29. The molecule has 0 fully saturated rings. The fraction of sp³-hybridized carbons (Fsp3) is 0.444. The first-order valence-corrected chi connectivity index (χ1v) is 4.68. The van der Waals surface area contributed by atoms with Crippen LogP contribution in [0.3, 0.4) is 0 Å². The molecule has 1 heterocycles. The van der Waals surface area contributed by atoms with Crippen molar-refractivity contribution in [3.63, 3.8) is 0 Å². The van der Waals surface area contributed by atoms with Crippen molar-refractivity contribution in [1.29, 1.82) is 0 Å². The van der Waals surface area contributed by atoms with Crippen molar-refractivity contribution in [3.8, 4) is 0 Å². The van der Waals surface area contributed by atoms with E-state index in [0.29, 0.717) is 12.4 Å². The highest BCUT2D eigenvalue weighted by atomic mass is 16.5. The maximum absolute atomic E-state index is 10.9. The molecule has 1 rings (SSSR count). The van der Waals surface area contributed by atoms with Crippen molar-refractivity contribution in [2.75, 3.05) is 13.2 Å². The summed E-state index contributed by atoms with van der Waals surface area (Å²) < 4.78 is 9.40. The van der Waals surface area contributed by atoms with Gasteiger partial charge in [0.25, 0.3) is 0 Å². The second kappa shape index (κ2) is 5.86. The first kappa shape index (κ1) is 12.2. The summed E-state index contributed by atoms with van der Waals surface area (Å²) in [5.41, 5.74) is -0.159. The number of nitrogens with one attached hydrogen (secondary N) is 1. The van der Waals surface area contributed by atoms with E-state index in [-0.39, 0.29) is 24.8 Å². The number of aromatic nitrogens is 1. The maximum Gasteiger partial charge on any atom is 0.358 e. The standard InChI is InChI=1S/C9H12N2O5/c1-2-15-8(12)5-10-4-6-3-7(9(13)14)11-16-6/h3,10H,2,4-5H2,1H3,(H,13,14). The third-order valence-corrected chi connectivity index (χ3v) is 1.65. The van der Waals surface area contributed by atoms with Gasteiger partial charge >= 0.3 is 11.9 Å². The summed E-state index contributed by atoms with van der Waals surface area (Å²) in [6.07, 6.45) is 0. The first-order chi connectivity index (χ1) is 7.63. The highest BCUT2D eigenvalue weighted by Crippen LogP contribution is 2.02. The van der Waals surface area contributed by atoms with Gasteiger partial charge in [-0.15, -0.1) is 0 Å². The summed E-state index contributed by atoms with van der Waals surface area (Å²) in [4.78, 5) is 21.4. The molecule has 0 unspecified atom stereocenters. The van der Waals surface area contributed by atoms with Crippen molar-refractivity contribution < 1.29 is 24.0 Å². The molecular weight excluding hydrogens is 216 g/mol. The molecule has 0 radical (unpaired) electrons. The number of aromatic carboxylic acids is 1. The first-order valence-electron chi connectivity index (χ1n) is 4.68. The van der Waals surface area contributed by atoms with Crippen molar-refractivity contribution in [1.82, 2.24) is 10.5 Å². The molecule has 7 heteroatoms. The smallest absolute Gasteiger partial charge is 0.358 e. The number of rotatable bonds is 6. The van der Waals surface area contributed by atoms with Crippen molar-refractivity contribution >= 4 is 11.9 Å². The molecule has 0 bridgehead atoms. The van der Waals surface area contributed by atoms with Crippen LogP contribution in [0.5, 0.6) is 0 Å². The Morgan fingerprint density at radius 1 is 1.62 bits per heavy atom. The molecule has 88 valence electrons. The summed E-state index contributed by atoms with van der Waals surface area (Å²) in [6.45, 7) is 2.30. The molecule has 0 atom stereocenters. The molecule has 16 heavy (non-hydrogen) atoms. The zero-order valence-electron chi connectivity index (χ0n) is 8.73. The Labute approximate surface area is 91.4 Å². The summed E-state index contributed by atoms with van der Waals surface area (Å²) in [7, 11) is 0. The zero-order valence-corrected chi connectivity index (χ0v) is 8.73. The van der Waals surface area contributed by atoms with Crippen LogP contribution in [0, 0.1) is 0 Å². The minimum Gasteiger partial charge on any atom is -0.476 e. The normalized spacial score (nSPS) is 10.1. The Morgan fingerprint density at radius 3 is 2.94 bits per heavy atom. The monoisotopic (exact) mass is 228 g/mol. The van der Waals surface area contributed by atoms with Gasteiger partial charge in [-0.05, 0) is 6.92 Å². The molecular formula is C9H12N2O5. The van der Waals surface area contributed by atoms with Crippen LogP contribution in [0.15, 0.2) is 10.6 Å². The van der Waals surface area contributed by atoms with Crippen LogP contribution in [-0.2, 0) is 16.1 Å². The van der Waals surface area contributed by atoms with Gasteiger partial charge in [0.05, 0.1) is 19.7 Å². The molecule has 0 spiro atoms. The number of carboxylic acid groups (broad SMARTS) is 1. The van der Waals surface area contributed by atoms with E-state index in [1.54, 1.807) is 6.92 Å². The van der Waals surface area contributed by atoms with E-state index in [2.05, 4.69) is 15.2 Å². The average molecular weight is 228 g/mol. The second-order valence-electron chi connectivity index (χ2n) is 2.89. The van der Waals surface area contributed by atoms with Crippen LogP contribution in [0.4, 0.5) is 0 Å². The van der Waals surface area contributed by atoms with Gasteiger partial charge in [0.15, 0.2) is 11.5 Å². The molecule has 2 N–H and O–H groups in total. The van der Waals surface area contributed by atoms with Crippen LogP contribution >= 0.6 is 0 Å². The van der Waals surface area contributed by atoms with Gasteiger partial charge in [0.1, 0.15) is 0 Å². The highest BCUT2D eigenvalue weighted by molar-refractivity contribution is 5.85.